The van der Waals surface area contributed by atoms with Crippen LogP contribution in [0, 0.1) is 5.82 Å². The molecule has 0 atom stereocenters. The SMILES string of the molecule is O=C(CO)Cc1ccccc1F. The van der Waals surface area contributed by atoms with Crippen LogP contribution in [0.1, 0.15) is 5.56 Å². The third kappa shape index (κ3) is 2.13. The van der Waals surface area contributed by atoms with Gasteiger partial charge in [-0.3, -0.25) is 4.79 Å². The number of ketones is 1. The van der Waals surface area contributed by atoms with Gasteiger partial charge in [-0.1, -0.05) is 18.2 Å². The Morgan fingerprint density at radius 1 is 1.42 bits per heavy atom. The number of halogens is 1. The molecule has 1 N–H and O–H groups in total. The molecule has 0 radical (unpaired) electrons. The molecule has 12 heavy (non-hydrogen) atoms. The van der Waals surface area contributed by atoms with Gasteiger partial charge in [0.2, 0.25) is 0 Å². The van der Waals surface area contributed by atoms with Crippen LogP contribution in [0.5, 0.6) is 0 Å². The van der Waals surface area contributed by atoms with Gasteiger partial charge in [0, 0.05) is 6.42 Å². The van der Waals surface area contributed by atoms with E-state index in [-0.39, 0.29) is 12.2 Å². The van der Waals surface area contributed by atoms with Crippen LogP contribution >= 0.6 is 0 Å². The van der Waals surface area contributed by atoms with Crippen LogP contribution in [-0.4, -0.2) is 17.5 Å². The van der Waals surface area contributed by atoms with Crippen molar-refractivity contribution in [3.05, 3.63) is 35.6 Å². The van der Waals surface area contributed by atoms with Gasteiger partial charge in [-0.05, 0) is 11.6 Å². The van der Waals surface area contributed by atoms with Gasteiger partial charge in [0.1, 0.15) is 12.4 Å². The summed E-state index contributed by atoms with van der Waals surface area (Å²) in [6, 6.07) is 6.04. The zero-order valence-electron chi connectivity index (χ0n) is 6.46. The van der Waals surface area contributed by atoms with E-state index in [9.17, 15) is 9.18 Å². The minimum absolute atomic E-state index is 0.0385. The van der Waals surface area contributed by atoms with E-state index in [1.807, 2.05) is 0 Å². The Balaban J connectivity index is 2.75. The maximum Gasteiger partial charge on any atom is 0.162 e. The first-order valence-corrected chi connectivity index (χ1v) is 3.60. The number of hydrogen-bond donors (Lipinski definition) is 1. The highest BCUT2D eigenvalue weighted by atomic mass is 19.1. The van der Waals surface area contributed by atoms with E-state index in [1.54, 1.807) is 12.1 Å². The third-order valence-electron chi connectivity index (χ3n) is 1.52. The van der Waals surface area contributed by atoms with E-state index in [0.29, 0.717) is 5.56 Å². The van der Waals surface area contributed by atoms with Gasteiger partial charge in [0.05, 0.1) is 0 Å². The standard InChI is InChI=1S/C9H9FO2/c10-9-4-2-1-3-7(9)5-8(12)6-11/h1-4,11H,5-6H2. The van der Waals surface area contributed by atoms with Crippen molar-refractivity contribution >= 4 is 5.78 Å². The van der Waals surface area contributed by atoms with E-state index < -0.39 is 12.4 Å². The fourth-order valence-electron chi connectivity index (χ4n) is 0.910. The van der Waals surface area contributed by atoms with Gasteiger partial charge in [0.15, 0.2) is 5.78 Å². The zero-order chi connectivity index (χ0) is 8.97. The van der Waals surface area contributed by atoms with Gasteiger partial charge >= 0.3 is 0 Å². The van der Waals surface area contributed by atoms with E-state index >= 15 is 0 Å². The molecule has 0 spiro atoms. The number of benzene rings is 1. The summed E-state index contributed by atoms with van der Waals surface area (Å²) >= 11 is 0. The fourth-order valence-corrected chi connectivity index (χ4v) is 0.910. The van der Waals surface area contributed by atoms with Crippen LogP contribution in [0.15, 0.2) is 24.3 Å². The normalized spacial score (nSPS) is 9.83. The lowest BCUT2D eigenvalue weighted by Gasteiger charge is -1.99. The molecule has 0 aliphatic rings. The summed E-state index contributed by atoms with van der Waals surface area (Å²) < 4.78 is 12.9. The number of carbonyl (C=O) groups excluding carboxylic acids is 1. The predicted molar refractivity (Wildman–Crippen MR) is 42.2 cm³/mol. The average molecular weight is 168 g/mol. The van der Waals surface area contributed by atoms with E-state index in [0.717, 1.165) is 0 Å². The lowest BCUT2D eigenvalue weighted by Crippen LogP contribution is -2.08. The largest absolute Gasteiger partial charge is 0.389 e. The highest BCUT2D eigenvalue weighted by Gasteiger charge is 2.05. The van der Waals surface area contributed by atoms with Gasteiger partial charge in [-0.25, -0.2) is 4.39 Å². The Morgan fingerprint density at radius 2 is 2.08 bits per heavy atom. The predicted octanol–water partition coefficient (Wildman–Crippen LogP) is 0.930. The maximum atomic E-state index is 12.9. The summed E-state index contributed by atoms with van der Waals surface area (Å²) in [5.74, 6) is -0.778. The monoisotopic (exact) mass is 168 g/mol. The molecule has 3 heteroatoms. The summed E-state index contributed by atoms with van der Waals surface area (Å²) in [4.78, 5) is 10.7. The summed E-state index contributed by atoms with van der Waals surface area (Å²) in [7, 11) is 0. The molecule has 0 aromatic heterocycles. The number of Topliss-reactive ketones (excluding diaryl/α,β-unsaturated/α-hetero) is 1. The average Bonchev–Trinajstić information content (AvgIpc) is 2.09. The fraction of sp³-hybridized carbons (Fsp3) is 0.222. The molecule has 1 aromatic carbocycles. The highest BCUT2D eigenvalue weighted by Crippen LogP contribution is 2.06. The minimum atomic E-state index is -0.533. The van der Waals surface area contributed by atoms with Crippen molar-refractivity contribution in [2.75, 3.05) is 6.61 Å². The molecule has 0 aliphatic carbocycles. The highest BCUT2D eigenvalue weighted by molar-refractivity contribution is 5.81. The van der Waals surface area contributed by atoms with E-state index in [2.05, 4.69) is 0 Å². The Labute approximate surface area is 69.6 Å². The molecule has 0 saturated carbocycles. The number of aliphatic hydroxyl groups is 1. The van der Waals surface area contributed by atoms with E-state index in [4.69, 9.17) is 5.11 Å². The zero-order valence-corrected chi connectivity index (χ0v) is 6.46. The van der Waals surface area contributed by atoms with Crippen molar-refractivity contribution in [2.45, 2.75) is 6.42 Å². The molecule has 0 fully saturated rings. The summed E-state index contributed by atoms with van der Waals surface area (Å²) in [6.45, 7) is -0.533. The van der Waals surface area contributed by atoms with Crippen molar-refractivity contribution in [1.82, 2.24) is 0 Å². The number of carbonyl (C=O) groups is 1. The van der Waals surface area contributed by atoms with Crippen molar-refractivity contribution in [3.63, 3.8) is 0 Å². The number of hydrogen-bond acceptors (Lipinski definition) is 2. The quantitative estimate of drug-likeness (QED) is 0.729. The molecule has 0 heterocycles. The topological polar surface area (TPSA) is 37.3 Å². The molecule has 64 valence electrons. The third-order valence-corrected chi connectivity index (χ3v) is 1.52. The van der Waals surface area contributed by atoms with Crippen molar-refractivity contribution < 1.29 is 14.3 Å². The molecular weight excluding hydrogens is 159 g/mol. The van der Waals surface area contributed by atoms with Crippen molar-refractivity contribution in [3.8, 4) is 0 Å². The Morgan fingerprint density at radius 3 is 2.67 bits per heavy atom. The second-order valence-electron chi connectivity index (χ2n) is 2.46. The molecule has 0 saturated heterocycles. The lowest BCUT2D eigenvalue weighted by atomic mass is 10.1. The van der Waals surface area contributed by atoms with Gasteiger partial charge in [0.25, 0.3) is 0 Å². The molecule has 0 amide bonds. The van der Waals surface area contributed by atoms with Crippen LogP contribution in [0.4, 0.5) is 4.39 Å². The first-order valence-electron chi connectivity index (χ1n) is 3.60. The van der Waals surface area contributed by atoms with Crippen LogP contribution in [0.2, 0.25) is 0 Å². The summed E-state index contributed by atoms with van der Waals surface area (Å²) in [5.41, 5.74) is 0.330. The van der Waals surface area contributed by atoms with Gasteiger partial charge in [-0.15, -0.1) is 0 Å². The van der Waals surface area contributed by atoms with Crippen LogP contribution < -0.4 is 0 Å². The Hall–Kier alpha value is -1.22. The Bertz CT molecular complexity index is 284. The smallest absolute Gasteiger partial charge is 0.162 e. The van der Waals surface area contributed by atoms with Crippen LogP contribution in [0.3, 0.4) is 0 Å². The van der Waals surface area contributed by atoms with Gasteiger partial charge in [-0.2, -0.15) is 0 Å². The molecule has 1 rings (SSSR count). The summed E-state index contributed by atoms with van der Waals surface area (Å²) in [6.07, 6.45) is -0.0385. The van der Waals surface area contributed by atoms with Crippen molar-refractivity contribution in [1.29, 1.82) is 0 Å². The maximum absolute atomic E-state index is 12.9. The van der Waals surface area contributed by atoms with Crippen LogP contribution in [0.25, 0.3) is 0 Å². The van der Waals surface area contributed by atoms with Crippen LogP contribution in [-0.2, 0) is 11.2 Å². The molecule has 1 aromatic rings. The molecular formula is C9H9FO2. The van der Waals surface area contributed by atoms with E-state index in [1.165, 1.54) is 12.1 Å². The first-order chi connectivity index (χ1) is 5.74. The molecule has 0 bridgehead atoms. The second kappa shape index (κ2) is 3.97. The van der Waals surface area contributed by atoms with Gasteiger partial charge < -0.3 is 5.11 Å². The Kier molecular flexibility index (Phi) is 2.94. The minimum Gasteiger partial charge on any atom is -0.389 e. The molecule has 0 aliphatic heterocycles. The number of aliphatic hydroxyl groups excluding tert-OH is 1. The molecule has 0 unspecified atom stereocenters. The lowest BCUT2D eigenvalue weighted by molar-refractivity contribution is -0.121. The molecule has 2 nitrogen and oxygen atoms in total. The first kappa shape index (κ1) is 8.87. The summed E-state index contributed by atoms with van der Waals surface area (Å²) in [5, 5.41) is 8.41. The second-order valence-corrected chi connectivity index (χ2v) is 2.46. The van der Waals surface area contributed by atoms with Crippen molar-refractivity contribution in [2.24, 2.45) is 0 Å². The number of rotatable bonds is 3.